The molecule has 0 bridgehead atoms. The number of aliphatic hydroxyl groups excluding tert-OH is 1. The maximum Gasteiger partial charge on any atom is 0.309 e. The summed E-state index contributed by atoms with van der Waals surface area (Å²) in [5.41, 5.74) is 1.87. The van der Waals surface area contributed by atoms with E-state index in [1.54, 1.807) is 60.7 Å². The van der Waals surface area contributed by atoms with Gasteiger partial charge in [0.15, 0.2) is 0 Å². The second-order valence-electron chi connectivity index (χ2n) is 8.56. The Balaban J connectivity index is 1.81. The van der Waals surface area contributed by atoms with E-state index in [0.717, 1.165) is 6.42 Å². The Hall–Kier alpha value is -4.59. The van der Waals surface area contributed by atoms with Crippen molar-refractivity contribution in [3.63, 3.8) is 0 Å². The average Bonchev–Trinajstić information content (AvgIpc) is 3.18. The van der Waals surface area contributed by atoms with Crippen molar-refractivity contribution in [3.8, 4) is 11.5 Å². The minimum atomic E-state index is -0.952. The first-order chi connectivity index (χ1) is 17.8. The molecule has 8 heteroatoms. The zero-order valence-corrected chi connectivity index (χ0v) is 20.5. The number of aromatic hydroxyl groups is 1. The Morgan fingerprint density at radius 1 is 1.00 bits per heavy atom. The number of phenolic OH excluding ortho intramolecular Hbond substituents is 1. The molecule has 1 fully saturated rings. The molecule has 0 aromatic heterocycles. The van der Waals surface area contributed by atoms with Gasteiger partial charge in [-0.3, -0.25) is 19.3 Å². The molecule has 37 heavy (non-hydrogen) atoms. The van der Waals surface area contributed by atoms with Crippen LogP contribution >= 0.6 is 0 Å². The van der Waals surface area contributed by atoms with Gasteiger partial charge in [0, 0.05) is 11.3 Å². The third-order valence-electron chi connectivity index (χ3n) is 6.02. The summed E-state index contributed by atoms with van der Waals surface area (Å²) in [4.78, 5) is 39.5. The molecule has 190 valence electrons. The Bertz CT molecular complexity index is 1340. The summed E-state index contributed by atoms with van der Waals surface area (Å²) in [5, 5.41) is 21.1. The van der Waals surface area contributed by atoms with Crippen molar-refractivity contribution in [2.24, 2.45) is 0 Å². The summed E-state index contributed by atoms with van der Waals surface area (Å²) in [6.45, 7) is 2.47. The predicted octanol–water partition coefficient (Wildman–Crippen LogP) is 4.52. The number of methoxy groups -OCH3 is 1. The van der Waals surface area contributed by atoms with Gasteiger partial charge in [-0.05, 0) is 53.9 Å². The van der Waals surface area contributed by atoms with Crippen LogP contribution in [0.2, 0.25) is 0 Å². The maximum atomic E-state index is 13.3. The number of aliphatic hydroxyl groups is 1. The summed E-state index contributed by atoms with van der Waals surface area (Å²) >= 11 is 0. The fraction of sp³-hybridized carbons (Fsp3) is 0.207. The number of hydrogen-bond acceptors (Lipinski definition) is 7. The number of ether oxygens (including phenoxy) is 2. The van der Waals surface area contributed by atoms with Gasteiger partial charge < -0.3 is 19.7 Å². The van der Waals surface area contributed by atoms with E-state index in [-0.39, 0.29) is 23.5 Å². The van der Waals surface area contributed by atoms with Crippen molar-refractivity contribution in [3.05, 3.63) is 95.1 Å². The fourth-order valence-corrected chi connectivity index (χ4v) is 4.19. The van der Waals surface area contributed by atoms with Gasteiger partial charge in [0.25, 0.3) is 11.7 Å². The highest BCUT2D eigenvalue weighted by Crippen LogP contribution is 2.42. The van der Waals surface area contributed by atoms with Gasteiger partial charge >= 0.3 is 5.97 Å². The summed E-state index contributed by atoms with van der Waals surface area (Å²) in [6, 6.07) is 18.5. The molecule has 1 aliphatic heterocycles. The average molecular weight is 502 g/mol. The number of phenols is 1. The molecule has 0 aliphatic carbocycles. The number of ketones is 1. The summed E-state index contributed by atoms with van der Waals surface area (Å²) in [6.07, 6.45) is 0.869. The molecule has 3 aromatic rings. The van der Waals surface area contributed by atoms with Gasteiger partial charge in [-0.25, -0.2) is 0 Å². The van der Waals surface area contributed by atoms with Crippen LogP contribution in [0.4, 0.5) is 5.69 Å². The number of Topliss-reactive ketones (excluding diaryl/α,β-unsaturated/α-hetero) is 1. The lowest BCUT2D eigenvalue weighted by Crippen LogP contribution is -2.29. The molecule has 0 saturated carbocycles. The smallest absolute Gasteiger partial charge is 0.309 e. The molecule has 0 radical (unpaired) electrons. The molecule has 1 saturated heterocycles. The minimum absolute atomic E-state index is 0.0219. The van der Waals surface area contributed by atoms with Crippen LogP contribution in [-0.2, 0) is 25.5 Å². The van der Waals surface area contributed by atoms with Gasteiger partial charge in [0.1, 0.15) is 17.3 Å². The first-order valence-electron chi connectivity index (χ1n) is 11.8. The van der Waals surface area contributed by atoms with Gasteiger partial charge in [-0.15, -0.1) is 0 Å². The molecule has 1 aliphatic rings. The lowest BCUT2D eigenvalue weighted by molar-refractivity contribution is -0.139. The van der Waals surface area contributed by atoms with Crippen molar-refractivity contribution in [2.75, 3.05) is 18.6 Å². The molecule has 0 spiro atoms. The van der Waals surface area contributed by atoms with E-state index < -0.39 is 23.7 Å². The highest BCUT2D eigenvalue weighted by Gasteiger charge is 2.47. The molecule has 1 atom stereocenters. The van der Waals surface area contributed by atoms with E-state index in [1.807, 2.05) is 6.92 Å². The highest BCUT2D eigenvalue weighted by molar-refractivity contribution is 6.51. The van der Waals surface area contributed by atoms with Crippen molar-refractivity contribution in [1.29, 1.82) is 0 Å². The van der Waals surface area contributed by atoms with E-state index in [1.165, 1.54) is 24.1 Å². The minimum Gasteiger partial charge on any atom is -0.508 e. The van der Waals surface area contributed by atoms with Crippen LogP contribution in [0.3, 0.4) is 0 Å². The molecule has 4 rings (SSSR count). The molecule has 1 heterocycles. The normalized spacial score (nSPS) is 16.6. The molecule has 3 aromatic carbocycles. The van der Waals surface area contributed by atoms with Crippen molar-refractivity contribution >= 4 is 29.1 Å². The number of benzene rings is 3. The molecule has 2 N–H and O–H groups in total. The zero-order valence-electron chi connectivity index (χ0n) is 20.5. The van der Waals surface area contributed by atoms with Gasteiger partial charge in [0.05, 0.1) is 31.8 Å². The van der Waals surface area contributed by atoms with Crippen molar-refractivity contribution < 1.29 is 34.1 Å². The van der Waals surface area contributed by atoms with Gasteiger partial charge in [-0.2, -0.15) is 0 Å². The Morgan fingerprint density at radius 2 is 1.70 bits per heavy atom. The number of rotatable bonds is 8. The molecule has 8 nitrogen and oxygen atoms in total. The first-order valence-corrected chi connectivity index (χ1v) is 11.8. The number of anilines is 1. The number of esters is 1. The van der Waals surface area contributed by atoms with Crippen LogP contribution in [0, 0.1) is 0 Å². The summed E-state index contributed by atoms with van der Waals surface area (Å²) < 4.78 is 10.4. The topological polar surface area (TPSA) is 113 Å². The Morgan fingerprint density at radius 3 is 2.35 bits per heavy atom. The second-order valence-corrected chi connectivity index (χ2v) is 8.56. The van der Waals surface area contributed by atoms with E-state index in [2.05, 4.69) is 0 Å². The Kier molecular flexibility index (Phi) is 7.57. The highest BCUT2D eigenvalue weighted by atomic mass is 16.5. The van der Waals surface area contributed by atoms with E-state index in [0.29, 0.717) is 34.7 Å². The van der Waals surface area contributed by atoms with Gasteiger partial charge in [0.2, 0.25) is 0 Å². The van der Waals surface area contributed by atoms with Crippen molar-refractivity contribution in [2.45, 2.75) is 25.8 Å². The van der Waals surface area contributed by atoms with Gasteiger partial charge in [-0.1, -0.05) is 43.3 Å². The van der Waals surface area contributed by atoms with E-state index in [9.17, 15) is 24.6 Å². The Labute approximate surface area is 214 Å². The van der Waals surface area contributed by atoms with E-state index >= 15 is 0 Å². The number of carbonyl (C=O) groups excluding carboxylic acids is 3. The number of hydrogen-bond donors (Lipinski definition) is 2. The van der Waals surface area contributed by atoms with Crippen LogP contribution < -0.4 is 9.64 Å². The van der Waals surface area contributed by atoms with Crippen LogP contribution in [-0.4, -0.2) is 41.6 Å². The molecule has 1 amide bonds. The third-order valence-corrected chi connectivity index (χ3v) is 6.02. The lowest BCUT2D eigenvalue weighted by Gasteiger charge is -2.25. The fourth-order valence-electron chi connectivity index (χ4n) is 4.19. The van der Waals surface area contributed by atoms with Crippen LogP contribution in [0.5, 0.6) is 11.5 Å². The second kappa shape index (κ2) is 11.0. The summed E-state index contributed by atoms with van der Waals surface area (Å²) in [5.74, 6) is -1.82. The number of amides is 1. The number of nitrogens with zero attached hydrogens (tertiary/aromatic N) is 1. The van der Waals surface area contributed by atoms with Crippen LogP contribution in [0.1, 0.15) is 36.1 Å². The largest absolute Gasteiger partial charge is 0.508 e. The monoisotopic (exact) mass is 501 g/mol. The van der Waals surface area contributed by atoms with E-state index in [4.69, 9.17) is 9.47 Å². The van der Waals surface area contributed by atoms with Crippen molar-refractivity contribution in [1.82, 2.24) is 0 Å². The maximum absolute atomic E-state index is 13.3. The van der Waals surface area contributed by atoms with Crippen LogP contribution in [0.25, 0.3) is 5.76 Å². The lowest BCUT2D eigenvalue weighted by atomic mass is 9.95. The SMILES string of the molecule is CCCOc1cccc(/C(O)=C2/C(=O)C(=O)N(c3ccc(CC(=O)OC)cc3)C2c2ccc(O)cc2)c1. The molecular formula is C29H27NO7. The molecule has 1 unspecified atom stereocenters. The third kappa shape index (κ3) is 5.33. The standard InChI is InChI=1S/C29H27NO7/c1-3-15-37-23-6-4-5-20(17-23)27(33)25-26(19-9-13-22(31)14-10-19)30(29(35)28(25)34)21-11-7-18(8-12-21)16-24(32)36-2/h4-14,17,26,31,33H,3,15-16H2,1-2H3/b27-25-. The summed E-state index contributed by atoms with van der Waals surface area (Å²) in [7, 11) is 1.30. The van der Waals surface area contributed by atoms with Crippen LogP contribution in [0.15, 0.2) is 78.4 Å². The zero-order chi connectivity index (χ0) is 26.5. The predicted molar refractivity (Wildman–Crippen MR) is 137 cm³/mol. The number of carbonyl (C=O) groups is 3. The first kappa shape index (κ1) is 25.5. The molecular weight excluding hydrogens is 474 g/mol. The quantitative estimate of drug-likeness (QED) is 0.202.